The number of benzene rings is 1. The molecule has 1 aliphatic rings. The second-order valence-corrected chi connectivity index (χ2v) is 5.21. The molecule has 1 atom stereocenters. The summed E-state index contributed by atoms with van der Waals surface area (Å²) < 4.78 is 0. The molecule has 108 valence electrons. The van der Waals surface area contributed by atoms with Crippen LogP contribution in [0.1, 0.15) is 18.4 Å². The number of aryl methyl sites for hydroxylation is 1. The predicted octanol–water partition coefficient (Wildman–Crippen LogP) is 0.798. The number of aliphatic carboxylic acids is 1. The molecule has 1 aromatic carbocycles. The number of carboxylic acid groups (broad SMARTS) is 1. The van der Waals surface area contributed by atoms with Crippen LogP contribution >= 0.6 is 0 Å². The summed E-state index contributed by atoms with van der Waals surface area (Å²) in [5.41, 5.74) is 1.08. The van der Waals surface area contributed by atoms with Crippen molar-refractivity contribution in [3.8, 4) is 0 Å². The topological polar surface area (TPSA) is 78.4 Å². The van der Waals surface area contributed by atoms with Gasteiger partial charge < -0.3 is 15.7 Å². The van der Waals surface area contributed by atoms with E-state index >= 15 is 0 Å². The minimum atomic E-state index is -0.971. The minimum Gasteiger partial charge on any atom is -0.480 e. The standard InChI is InChI=1S/C15H20N2O3/c18-14(8-12-9-16-10-12)17-13(15(19)20)7-6-11-4-2-1-3-5-11/h1-5,12-13,16H,6-10H2,(H,17,18)(H,19,20)/t13-/m0/s1. The smallest absolute Gasteiger partial charge is 0.326 e. The highest BCUT2D eigenvalue weighted by Gasteiger charge is 2.24. The van der Waals surface area contributed by atoms with Gasteiger partial charge in [-0.2, -0.15) is 0 Å². The van der Waals surface area contributed by atoms with Gasteiger partial charge in [0.1, 0.15) is 6.04 Å². The average Bonchev–Trinajstić information content (AvgIpc) is 2.39. The van der Waals surface area contributed by atoms with Crippen LogP contribution in [0.4, 0.5) is 0 Å². The zero-order valence-corrected chi connectivity index (χ0v) is 11.3. The molecule has 5 heteroatoms. The van der Waals surface area contributed by atoms with Crippen molar-refractivity contribution in [2.75, 3.05) is 13.1 Å². The third kappa shape index (κ3) is 4.35. The van der Waals surface area contributed by atoms with Crippen molar-refractivity contribution in [1.82, 2.24) is 10.6 Å². The van der Waals surface area contributed by atoms with Gasteiger partial charge in [0.15, 0.2) is 0 Å². The number of nitrogens with one attached hydrogen (secondary N) is 2. The Kier molecular flexibility index (Phi) is 5.12. The summed E-state index contributed by atoms with van der Waals surface area (Å²) in [7, 11) is 0. The molecular formula is C15H20N2O3. The molecule has 5 nitrogen and oxygen atoms in total. The van der Waals surface area contributed by atoms with E-state index in [1.807, 2.05) is 30.3 Å². The molecule has 1 heterocycles. The average molecular weight is 276 g/mol. The van der Waals surface area contributed by atoms with E-state index in [-0.39, 0.29) is 5.91 Å². The van der Waals surface area contributed by atoms with Crippen LogP contribution < -0.4 is 10.6 Å². The van der Waals surface area contributed by atoms with Crippen molar-refractivity contribution in [3.63, 3.8) is 0 Å². The van der Waals surface area contributed by atoms with Crippen molar-refractivity contribution in [2.45, 2.75) is 25.3 Å². The molecule has 0 unspecified atom stereocenters. The molecule has 1 fully saturated rings. The Balaban J connectivity index is 1.80. The van der Waals surface area contributed by atoms with Gasteiger partial charge in [-0.15, -0.1) is 0 Å². The van der Waals surface area contributed by atoms with Gasteiger partial charge in [0.2, 0.25) is 5.91 Å². The summed E-state index contributed by atoms with van der Waals surface area (Å²) in [4.78, 5) is 23.0. The summed E-state index contributed by atoms with van der Waals surface area (Å²) in [5, 5.41) is 14.9. The first kappa shape index (κ1) is 14.5. The van der Waals surface area contributed by atoms with Gasteiger partial charge in [0, 0.05) is 6.42 Å². The van der Waals surface area contributed by atoms with Gasteiger partial charge in [-0.1, -0.05) is 30.3 Å². The van der Waals surface area contributed by atoms with E-state index in [2.05, 4.69) is 10.6 Å². The number of amides is 1. The van der Waals surface area contributed by atoms with E-state index in [0.717, 1.165) is 18.7 Å². The van der Waals surface area contributed by atoms with E-state index in [4.69, 9.17) is 0 Å². The van der Waals surface area contributed by atoms with Gasteiger partial charge in [-0.25, -0.2) is 4.79 Å². The first-order valence-corrected chi connectivity index (χ1v) is 6.92. The van der Waals surface area contributed by atoms with Gasteiger partial charge >= 0.3 is 5.97 Å². The van der Waals surface area contributed by atoms with Crippen molar-refractivity contribution in [3.05, 3.63) is 35.9 Å². The maximum Gasteiger partial charge on any atom is 0.326 e. The fourth-order valence-corrected chi connectivity index (χ4v) is 2.22. The van der Waals surface area contributed by atoms with Crippen LogP contribution in [0.2, 0.25) is 0 Å². The van der Waals surface area contributed by atoms with Crippen LogP contribution in [0.5, 0.6) is 0 Å². The summed E-state index contributed by atoms with van der Waals surface area (Å²) in [6.07, 6.45) is 1.46. The SMILES string of the molecule is O=C(CC1CNC1)N[C@@H](CCc1ccccc1)C(=O)O. The highest BCUT2D eigenvalue weighted by atomic mass is 16.4. The van der Waals surface area contributed by atoms with Crippen LogP contribution in [0.3, 0.4) is 0 Å². The van der Waals surface area contributed by atoms with E-state index in [0.29, 0.717) is 25.2 Å². The summed E-state index contributed by atoms with van der Waals surface area (Å²) in [5.74, 6) is -0.795. The van der Waals surface area contributed by atoms with E-state index in [9.17, 15) is 14.7 Å². The Hall–Kier alpha value is -1.88. The molecule has 3 N–H and O–H groups in total. The number of carbonyl (C=O) groups excluding carboxylic acids is 1. The minimum absolute atomic E-state index is 0.169. The number of rotatable bonds is 7. The van der Waals surface area contributed by atoms with Crippen molar-refractivity contribution in [2.24, 2.45) is 5.92 Å². The molecule has 2 rings (SSSR count). The van der Waals surface area contributed by atoms with Crippen LogP contribution in [0.15, 0.2) is 30.3 Å². The molecular weight excluding hydrogens is 256 g/mol. The first-order chi connectivity index (χ1) is 9.65. The Labute approximate surface area is 118 Å². The first-order valence-electron chi connectivity index (χ1n) is 6.92. The Morgan fingerprint density at radius 1 is 1.30 bits per heavy atom. The molecule has 1 aliphatic heterocycles. The molecule has 20 heavy (non-hydrogen) atoms. The van der Waals surface area contributed by atoms with E-state index in [1.165, 1.54) is 0 Å². The lowest BCUT2D eigenvalue weighted by molar-refractivity contribution is -0.142. The van der Waals surface area contributed by atoms with Crippen molar-refractivity contribution < 1.29 is 14.7 Å². The van der Waals surface area contributed by atoms with Crippen LogP contribution in [0.25, 0.3) is 0 Å². The quantitative estimate of drug-likeness (QED) is 0.688. The van der Waals surface area contributed by atoms with E-state index < -0.39 is 12.0 Å². The largest absolute Gasteiger partial charge is 0.480 e. The Morgan fingerprint density at radius 3 is 2.55 bits per heavy atom. The fraction of sp³-hybridized carbons (Fsp3) is 0.467. The molecule has 0 aliphatic carbocycles. The molecule has 0 spiro atoms. The monoisotopic (exact) mass is 276 g/mol. The maximum absolute atomic E-state index is 11.8. The summed E-state index contributed by atoms with van der Waals surface area (Å²) in [6.45, 7) is 1.68. The van der Waals surface area contributed by atoms with Gasteiger partial charge in [-0.05, 0) is 37.4 Å². The third-order valence-electron chi connectivity index (χ3n) is 3.54. The number of hydrogen-bond acceptors (Lipinski definition) is 3. The molecule has 0 radical (unpaired) electrons. The van der Waals surface area contributed by atoms with E-state index in [1.54, 1.807) is 0 Å². The second kappa shape index (κ2) is 7.05. The van der Waals surface area contributed by atoms with Crippen LogP contribution in [0, 0.1) is 5.92 Å². The highest BCUT2D eigenvalue weighted by molar-refractivity contribution is 5.83. The maximum atomic E-state index is 11.8. The van der Waals surface area contributed by atoms with Crippen LogP contribution in [-0.4, -0.2) is 36.1 Å². The van der Waals surface area contributed by atoms with Crippen molar-refractivity contribution in [1.29, 1.82) is 0 Å². The Morgan fingerprint density at radius 2 is 2.00 bits per heavy atom. The zero-order valence-electron chi connectivity index (χ0n) is 11.3. The lowest BCUT2D eigenvalue weighted by atomic mass is 9.98. The lowest BCUT2D eigenvalue weighted by Crippen LogP contribution is -2.47. The van der Waals surface area contributed by atoms with Gasteiger partial charge in [0.05, 0.1) is 0 Å². The third-order valence-corrected chi connectivity index (χ3v) is 3.54. The van der Waals surface area contributed by atoms with Gasteiger partial charge in [0.25, 0.3) is 0 Å². The summed E-state index contributed by atoms with van der Waals surface area (Å²) >= 11 is 0. The number of carbonyl (C=O) groups is 2. The lowest BCUT2D eigenvalue weighted by Gasteiger charge is -2.27. The second-order valence-electron chi connectivity index (χ2n) is 5.21. The molecule has 0 saturated carbocycles. The molecule has 1 amide bonds. The summed E-state index contributed by atoms with van der Waals surface area (Å²) in [6, 6.07) is 8.88. The zero-order chi connectivity index (χ0) is 14.4. The predicted molar refractivity (Wildman–Crippen MR) is 75.3 cm³/mol. The number of carboxylic acids is 1. The number of hydrogen-bond donors (Lipinski definition) is 3. The molecule has 1 aromatic rings. The normalized spacial score (nSPS) is 16.2. The highest BCUT2D eigenvalue weighted by Crippen LogP contribution is 2.09. The fourth-order valence-electron chi connectivity index (χ4n) is 2.22. The Bertz CT molecular complexity index is 457. The van der Waals surface area contributed by atoms with Crippen LogP contribution in [-0.2, 0) is 16.0 Å². The van der Waals surface area contributed by atoms with Crippen molar-refractivity contribution >= 4 is 11.9 Å². The molecule has 0 bridgehead atoms. The molecule has 1 saturated heterocycles. The van der Waals surface area contributed by atoms with Gasteiger partial charge in [-0.3, -0.25) is 4.79 Å². The molecule has 0 aromatic heterocycles.